The van der Waals surface area contributed by atoms with Crippen LogP contribution < -0.4 is 5.32 Å². The fourth-order valence-electron chi connectivity index (χ4n) is 2.76. The molecule has 3 rings (SSSR count). The Morgan fingerprint density at radius 2 is 1.91 bits per heavy atom. The molecule has 7 heteroatoms. The van der Waals surface area contributed by atoms with E-state index in [0.717, 1.165) is 25.2 Å². The highest BCUT2D eigenvalue weighted by atomic mass is 35.5. The van der Waals surface area contributed by atoms with Crippen molar-refractivity contribution in [3.05, 3.63) is 63.6 Å². The van der Waals surface area contributed by atoms with Crippen LogP contribution in [0.25, 0.3) is 0 Å². The first-order valence-corrected chi connectivity index (χ1v) is 7.89. The molecule has 0 spiro atoms. The molecule has 2 aromatic rings. The van der Waals surface area contributed by atoms with Crippen LogP contribution in [0.15, 0.2) is 36.7 Å². The summed E-state index contributed by atoms with van der Waals surface area (Å²) >= 11 is 12.1. The lowest BCUT2D eigenvalue weighted by Gasteiger charge is -2.36. The van der Waals surface area contributed by atoms with Crippen molar-refractivity contribution in [2.45, 2.75) is 12.6 Å². The lowest BCUT2D eigenvalue weighted by Crippen LogP contribution is -2.45. The Morgan fingerprint density at radius 1 is 1.17 bits per heavy atom. The summed E-state index contributed by atoms with van der Waals surface area (Å²) in [4.78, 5) is 6.39. The molecule has 1 aromatic heterocycles. The van der Waals surface area contributed by atoms with E-state index in [1.54, 1.807) is 18.5 Å². The third-order valence-corrected chi connectivity index (χ3v) is 4.83. The van der Waals surface area contributed by atoms with E-state index in [1.807, 2.05) is 12.1 Å². The maximum absolute atomic E-state index is 13.4. The molecular formula is C16H17Cl3FN3. The Bertz CT molecular complexity index is 655. The molecule has 0 radical (unpaired) electrons. The van der Waals surface area contributed by atoms with Crippen LogP contribution in [0.3, 0.4) is 0 Å². The van der Waals surface area contributed by atoms with Gasteiger partial charge in [0.15, 0.2) is 0 Å². The predicted octanol–water partition coefficient (Wildman–Crippen LogP) is 4.10. The molecule has 1 saturated heterocycles. The van der Waals surface area contributed by atoms with Crippen LogP contribution in [0.1, 0.15) is 17.2 Å². The Hall–Kier alpha value is -0.910. The molecule has 23 heavy (non-hydrogen) atoms. The van der Waals surface area contributed by atoms with Crippen LogP contribution in [-0.4, -0.2) is 29.5 Å². The molecule has 0 amide bonds. The number of nitrogens with one attached hydrogen (secondary N) is 1. The first-order valence-electron chi connectivity index (χ1n) is 7.14. The van der Waals surface area contributed by atoms with Crippen molar-refractivity contribution in [3.8, 4) is 0 Å². The predicted molar refractivity (Wildman–Crippen MR) is 93.9 cm³/mol. The van der Waals surface area contributed by atoms with Crippen LogP contribution in [-0.2, 0) is 6.54 Å². The van der Waals surface area contributed by atoms with E-state index in [4.69, 9.17) is 23.2 Å². The average Bonchev–Trinajstić information content (AvgIpc) is 2.57. The molecule has 3 nitrogen and oxygen atoms in total. The molecule has 0 saturated carbocycles. The molecule has 1 unspecified atom stereocenters. The van der Waals surface area contributed by atoms with Crippen molar-refractivity contribution in [2.75, 3.05) is 19.6 Å². The minimum absolute atomic E-state index is 0. The van der Waals surface area contributed by atoms with E-state index >= 15 is 0 Å². The summed E-state index contributed by atoms with van der Waals surface area (Å²) in [5, 5.41) is 3.70. The van der Waals surface area contributed by atoms with Gasteiger partial charge in [0, 0.05) is 44.6 Å². The van der Waals surface area contributed by atoms with Crippen LogP contribution >= 0.6 is 35.6 Å². The van der Waals surface area contributed by atoms with Crippen LogP contribution in [0, 0.1) is 5.82 Å². The van der Waals surface area contributed by atoms with Gasteiger partial charge in [0.05, 0.1) is 10.0 Å². The number of nitrogens with zero attached hydrogens (tertiary/aromatic N) is 2. The van der Waals surface area contributed by atoms with Crippen molar-refractivity contribution in [1.29, 1.82) is 0 Å². The van der Waals surface area contributed by atoms with E-state index in [2.05, 4.69) is 15.2 Å². The molecule has 1 aromatic carbocycles. The average molecular weight is 377 g/mol. The number of halogens is 4. The summed E-state index contributed by atoms with van der Waals surface area (Å²) in [6, 6.07) is 7.34. The van der Waals surface area contributed by atoms with Gasteiger partial charge in [0.1, 0.15) is 5.82 Å². The summed E-state index contributed by atoms with van der Waals surface area (Å²) in [5.41, 5.74) is 2.04. The second-order valence-corrected chi connectivity index (χ2v) is 6.06. The van der Waals surface area contributed by atoms with E-state index in [9.17, 15) is 4.39 Å². The number of rotatable bonds is 3. The Labute approximate surface area is 151 Å². The summed E-state index contributed by atoms with van der Waals surface area (Å²) in [5.74, 6) is -0.485. The van der Waals surface area contributed by atoms with Gasteiger partial charge in [-0.2, -0.15) is 0 Å². The highest BCUT2D eigenvalue weighted by Gasteiger charge is 2.24. The Morgan fingerprint density at radius 3 is 2.65 bits per heavy atom. The number of piperazine rings is 1. The lowest BCUT2D eigenvalue weighted by atomic mass is 10.0. The molecule has 1 fully saturated rings. The second kappa shape index (κ2) is 8.27. The fraction of sp³-hybridized carbons (Fsp3) is 0.312. The van der Waals surface area contributed by atoms with Crippen LogP contribution in [0.2, 0.25) is 10.0 Å². The largest absolute Gasteiger partial charge is 0.314 e. The number of hydrogen-bond donors (Lipinski definition) is 1. The van der Waals surface area contributed by atoms with Crippen LogP contribution in [0.4, 0.5) is 4.39 Å². The van der Waals surface area contributed by atoms with Gasteiger partial charge in [-0.05, 0) is 29.3 Å². The molecule has 2 heterocycles. The van der Waals surface area contributed by atoms with Gasteiger partial charge in [-0.25, -0.2) is 4.39 Å². The monoisotopic (exact) mass is 375 g/mol. The summed E-state index contributed by atoms with van der Waals surface area (Å²) in [6.07, 6.45) is 3.59. The van der Waals surface area contributed by atoms with Gasteiger partial charge in [0.25, 0.3) is 0 Å². The smallest absolute Gasteiger partial charge is 0.143 e. The van der Waals surface area contributed by atoms with Crippen molar-refractivity contribution >= 4 is 35.6 Å². The van der Waals surface area contributed by atoms with Gasteiger partial charge in [-0.3, -0.25) is 9.88 Å². The highest BCUT2D eigenvalue weighted by molar-refractivity contribution is 6.42. The zero-order valence-corrected chi connectivity index (χ0v) is 14.6. The zero-order chi connectivity index (χ0) is 15.5. The quantitative estimate of drug-likeness (QED) is 0.818. The number of pyridine rings is 1. The third-order valence-electron chi connectivity index (χ3n) is 3.93. The number of hydrogen-bond acceptors (Lipinski definition) is 3. The van der Waals surface area contributed by atoms with Crippen molar-refractivity contribution in [1.82, 2.24) is 15.2 Å². The maximum atomic E-state index is 13.4. The standard InChI is InChI=1S/C16H16Cl2FN3.ClH/c17-15-12(1-2-13(19)16(15)18)10-22-8-7-21-9-14(22)11-3-5-20-6-4-11;/h1-6,14,21H,7-10H2;1H. The maximum Gasteiger partial charge on any atom is 0.143 e. The third kappa shape index (κ3) is 4.14. The molecule has 0 bridgehead atoms. The summed E-state index contributed by atoms with van der Waals surface area (Å²) < 4.78 is 13.4. The van der Waals surface area contributed by atoms with Gasteiger partial charge >= 0.3 is 0 Å². The molecule has 124 valence electrons. The molecule has 1 N–H and O–H groups in total. The van der Waals surface area contributed by atoms with Crippen LogP contribution in [0.5, 0.6) is 0 Å². The van der Waals surface area contributed by atoms with Crippen molar-refractivity contribution in [3.63, 3.8) is 0 Å². The van der Waals surface area contributed by atoms with E-state index in [0.29, 0.717) is 11.6 Å². The number of benzene rings is 1. The van der Waals surface area contributed by atoms with Gasteiger partial charge < -0.3 is 5.32 Å². The normalized spacial score (nSPS) is 18.5. The van der Waals surface area contributed by atoms with Gasteiger partial charge in [-0.1, -0.05) is 29.3 Å². The Kier molecular flexibility index (Phi) is 6.62. The number of aromatic nitrogens is 1. The van der Waals surface area contributed by atoms with Crippen molar-refractivity contribution in [2.24, 2.45) is 0 Å². The Balaban J connectivity index is 0.00000192. The zero-order valence-electron chi connectivity index (χ0n) is 12.3. The minimum atomic E-state index is -0.485. The SMILES string of the molecule is Cl.Fc1ccc(CN2CCNCC2c2ccncc2)c(Cl)c1Cl. The van der Waals surface area contributed by atoms with E-state index in [1.165, 1.54) is 11.6 Å². The van der Waals surface area contributed by atoms with Gasteiger partial charge in [0.2, 0.25) is 0 Å². The summed E-state index contributed by atoms with van der Waals surface area (Å²) in [6.45, 7) is 3.29. The minimum Gasteiger partial charge on any atom is -0.314 e. The van der Waals surface area contributed by atoms with Gasteiger partial charge in [-0.15, -0.1) is 12.4 Å². The molecule has 1 aliphatic heterocycles. The first-order chi connectivity index (χ1) is 10.7. The second-order valence-electron chi connectivity index (χ2n) is 5.31. The van der Waals surface area contributed by atoms with Crippen molar-refractivity contribution < 1.29 is 4.39 Å². The molecular weight excluding hydrogens is 360 g/mol. The molecule has 1 aliphatic rings. The van der Waals surface area contributed by atoms with E-state index < -0.39 is 5.82 Å². The highest BCUT2D eigenvalue weighted by Crippen LogP contribution is 2.31. The topological polar surface area (TPSA) is 28.2 Å². The molecule has 1 atom stereocenters. The fourth-order valence-corrected chi connectivity index (χ4v) is 3.15. The first kappa shape index (κ1) is 18.4. The lowest BCUT2D eigenvalue weighted by molar-refractivity contribution is 0.153. The van der Waals surface area contributed by atoms with E-state index in [-0.39, 0.29) is 23.5 Å². The summed E-state index contributed by atoms with van der Waals surface area (Å²) in [7, 11) is 0. The molecule has 0 aliphatic carbocycles.